The molecule has 3 unspecified atom stereocenters. The zero-order chi connectivity index (χ0) is 27.8. The second kappa shape index (κ2) is 12.7. The molecule has 202 valence electrons. The van der Waals surface area contributed by atoms with E-state index in [1.807, 2.05) is 39.0 Å². The molecule has 1 aromatic carbocycles. The standard InChI is InChI=1S/C27H44N4O5/c1-10-13-18(3)29-23(33)22(19-15-12-11-14-17(19)2)31(26(4,5)6)24(34)20(16-21(28)32)30-25(35)36-27(7,8)9/h11-12,14-15,18,20,22H,10,13,16H2,1-9H3,(H2,28,32)(H,29,33)(H,30,35). The first-order valence-corrected chi connectivity index (χ1v) is 12.4. The SMILES string of the molecule is CCCC(C)NC(=O)C(c1ccccc1C)N(C(=O)C(CC(N)=O)NC(=O)OC(C)(C)C)C(C)(C)C. The van der Waals surface area contributed by atoms with Gasteiger partial charge in [0.15, 0.2) is 0 Å². The van der Waals surface area contributed by atoms with Crippen molar-refractivity contribution in [1.82, 2.24) is 15.5 Å². The lowest BCUT2D eigenvalue weighted by molar-refractivity contribution is -0.149. The summed E-state index contributed by atoms with van der Waals surface area (Å²) in [5.74, 6) is -1.73. The Morgan fingerprint density at radius 2 is 1.61 bits per heavy atom. The van der Waals surface area contributed by atoms with E-state index < -0.39 is 47.6 Å². The van der Waals surface area contributed by atoms with Gasteiger partial charge in [0.2, 0.25) is 17.7 Å². The fraction of sp³-hybridized carbons (Fsp3) is 0.630. The van der Waals surface area contributed by atoms with E-state index in [2.05, 4.69) is 10.6 Å². The van der Waals surface area contributed by atoms with E-state index in [0.29, 0.717) is 5.56 Å². The topological polar surface area (TPSA) is 131 Å². The van der Waals surface area contributed by atoms with E-state index in [1.54, 1.807) is 47.6 Å². The molecule has 0 spiro atoms. The molecule has 0 aliphatic carbocycles. The number of nitrogens with two attached hydrogens (primary N) is 1. The number of hydrogen-bond donors (Lipinski definition) is 3. The van der Waals surface area contributed by atoms with Crippen molar-refractivity contribution < 1.29 is 23.9 Å². The number of aryl methyl sites for hydroxylation is 1. The lowest BCUT2D eigenvalue weighted by Crippen LogP contribution is -2.59. The average Bonchev–Trinajstić information content (AvgIpc) is 2.69. The van der Waals surface area contributed by atoms with Gasteiger partial charge in [0.25, 0.3) is 0 Å². The molecule has 3 atom stereocenters. The highest BCUT2D eigenvalue weighted by atomic mass is 16.6. The lowest BCUT2D eigenvalue weighted by atomic mass is 9.92. The van der Waals surface area contributed by atoms with Crippen molar-refractivity contribution in [3.63, 3.8) is 0 Å². The van der Waals surface area contributed by atoms with Crippen molar-refractivity contribution >= 4 is 23.8 Å². The minimum absolute atomic E-state index is 0.104. The van der Waals surface area contributed by atoms with E-state index in [9.17, 15) is 19.2 Å². The summed E-state index contributed by atoms with van der Waals surface area (Å²) < 4.78 is 5.30. The molecule has 0 bridgehead atoms. The molecule has 9 heteroatoms. The van der Waals surface area contributed by atoms with Gasteiger partial charge in [-0.05, 0) is 72.9 Å². The number of nitrogens with zero attached hydrogens (tertiary/aromatic N) is 1. The van der Waals surface area contributed by atoms with Gasteiger partial charge >= 0.3 is 6.09 Å². The molecule has 0 aliphatic rings. The predicted molar refractivity (Wildman–Crippen MR) is 140 cm³/mol. The molecule has 0 saturated carbocycles. The van der Waals surface area contributed by atoms with Gasteiger partial charge in [-0.2, -0.15) is 0 Å². The average molecular weight is 505 g/mol. The van der Waals surface area contributed by atoms with Crippen molar-refractivity contribution in [2.24, 2.45) is 5.73 Å². The second-order valence-corrected chi connectivity index (χ2v) is 11.2. The highest BCUT2D eigenvalue weighted by Gasteiger charge is 2.42. The summed E-state index contributed by atoms with van der Waals surface area (Å²) in [5.41, 5.74) is 5.24. The Bertz CT molecular complexity index is 933. The largest absolute Gasteiger partial charge is 0.444 e. The monoisotopic (exact) mass is 504 g/mol. The van der Waals surface area contributed by atoms with Crippen LogP contribution in [0.15, 0.2) is 24.3 Å². The normalized spacial score (nSPS) is 14.2. The molecule has 0 radical (unpaired) electrons. The Morgan fingerprint density at radius 3 is 2.08 bits per heavy atom. The van der Waals surface area contributed by atoms with E-state index in [0.717, 1.165) is 18.4 Å². The smallest absolute Gasteiger partial charge is 0.408 e. The van der Waals surface area contributed by atoms with Gasteiger partial charge in [0.1, 0.15) is 17.7 Å². The van der Waals surface area contributed by atoms with Crippen LogP contribution in [0.4, 0.5) is 4.79 Å². The number of ether oxygens (including phenoxy) is 1. The number of alkyl carbamates (subject to hydrolysis) is 1. The maximum Gasteiger partial charge on any atom is 0.408 e. The molecular weight excluding hydrogens is 460 g/mol. The van der Waals surface area contributed by atoms with Gasteiger partial charge in [0.05, 0.1) is 6.42 Å². The van der Waals surface area contributed by atoms with Crippen LogP contribution in [0, 0.1) is 6.92 Å². The highest BCUT2D eigenvalue weighted by Crippen LogP contribution is 2.32. The first kappa shape index (κ1) is 30.9. The van der Waals surface area contributed by atoms with E-state index in [4.69, 9.17) is 10.5 Å². The van der Waals surface area contributed by atoms with Crippen LogP contribution in [0.5, 0.6) is 0 Å². The fourth-order valence-electron chi connectivity index (χ4n) is 3.98. The minimum Gasteiger partial charge on any atom is -0.444 e. The van der Waals surface area contributed by atoms with Crippen molar-refractivity contribution in [2.75, 3.05) is 0 Å². The van der Waals surface area contributed by atoms with Crippen LogP contribution in [0.2, 0.25) is 0 Å². The van der Waals surface area contributed by atoms with Crippen LogP contribution < -0.4 is 16.4 Å². The summed E-state index contributed by atoms with van der Waals surface area (Å²) in [6, 6.07) is 4.92. The first-order chi connectivity index (χ1) is 16.5. The van der Waals surface area contributed by atoms with E-state index in [1.165, 1.54) is 4.90 Å². The lowest BCUT2D eigenvalue weighted by Gasteiger charge is -2.43. The summed E-state index contributed by atoms with van der Waals surface area (Å²) >= 11 is 0. The summed E-state index contributed by atoms with van der Waals surface area (Å²) in [5, 5.41) is 5.52. The van der Waals surface area contributed by atoms with Gasteiger partial charge in [-0.15, -0.1) is 0 Å². The Balaban J connectivity index is 3.60. The summed E-state index contributed by atoms with van der Waals surface area (Å²) in [6.07, 6.45) is 0.363. The molecular formula is C27H44N4O5. The summed E-state index contributed by atoms with van der Waals surface area (Å²) in [4.78, 5) is 53.6. The van der Waals surface area contributed by atoms with Crippen molar-refractivity contribution in [3.05, 3.63) is 35.4 Å². The Kier molecular flexibility index (Phi) is 10.9. The quantitative estimate of drug-likeness (QED) is 0.447. The third kappa shape index (κ3) is 9.51. The Morgan fingerprint density at radius 1 is 1.03 bits per heavy atom. The minimum atomic E-state index is -1.32. The summed E-state index contributed by atoms with van der Waals surface area (Å²) in [6.45, 7) is 16.3. The van der Waals surface area contributed by atoms with Crippen LogP contribution in [-0.4, -0.2) is 51.9 Å². The predicted octanol–water partition coefficient (Wildman–Crippen LogP) is 3.74. The van der Waals surface area contributed by atoms with E-state index >= 15 is 0 Å². The van der Waals surface area contributed by atoms with Crippen molar-refractivity contribution in [2.45, 2.75) is 111 Å². The maximum absolute atomic E-state index is 14.0. The number of carbonyl (C=O) groups is 4. The number of amides is 4. The molecule has 0 aromatic heterocycles. The third-order valence-electron chi connectivity index (χ3n) is 5.45. The fourth-order valence-corrected chi connectivity index (χ4v) is 3.98. The van der Waals surface area contributed by atoms with Gasteiger partial charge in [-0.3, -0.25) is 14.4 Å². The van der Waals surface area contributed by atoms with Crippen LogP contribution in [0.1, 0.15) is 91.8 Å². The number of benzene rings is 1. The molecule has 1 aromatic rings. The molecule has 9 nitrogen and oxygen atoms in total. The first-order valence-electron chi connectivity index (χ1n) is 12.4. The molecule has 0 saturated heterocycles. The van der Waals surface area contributed by atoms with Crippen LogP contribution in [-0.2, 0) is 19.1 Å². The maximum atomic E-state index is 14.0. The van der Waals surface area contributed by atoms with Crippen LogP contribution >= 0.6 is 0 Å². The van der Waals surface area contributed by atoms with Crippen molar-refractivity contribution in [3.8, 4) is 0 Å². The molecule has 0 aliphatic heterocycles. The number of rotatable bonds is 10. The third-order valence-corrected chi connectivity index (χ3v) is 5.45. The molecule has 0 heterocycles. The number of hydrogen-bond acceptors (Lipinski definition) is 5. The second-order valence-electron chi connectivity index (χ2n) is 11.2. The zero-order valence-corrected chi connectivity index (χ0v) is 23.2. The molecule has 1 rings (SSSR count). The van der Waals surface area contributed by atoms with Crippen molar-refractivity contribution in [1.29, 1.82) is 0 Å². The van der Waals surface area contributed by atoms with Crippen LogP contribution in [0.25, 0.3) is 0 Å². The van der Waals surface area contributed by atoms with Gasteiger partial charge in [0, 0.05) is 11.6 Å². The van der Waals surface area contributed by atoms with Crippen LogP contribution in [0.3, 0.4) is 0 Å². The molecule has 4 N–H and O–H groups in total. The van der Waals surface area contributed by atoms with E-state index in [-0.39, 0.29) is 11.9 Å². The number of carbonyl (C=O) groups excluding carboxylic acids is 4. The van der Waals surface area contributed by atoms with Gasteiger partial charge < -0.3 is 26.0 Å². The summed E-state index contributed by atoms with van der Waals surface area (Å²) in [7, 11) is 0. The zero-order valence-electron chi connectivity index (χ0n) is 23.2. The van der Waals surface area contributed by atoms with Gasteiger partial charge in [-0.25, -0.2) is 4.79 Å². The Labute approximate surface area is 215 Å². The highest BCUT2D eigenvalue weighted by molar-refractivity contribution is 5.95. The van der Waals surface area contributed by atoms with Gasteiger partial charge in [-0.1, -0.05) is 37.6 Å². The molecule has 36 heavy (non-hydrogen) atoms. The molecule has 0 fully saturated rings. The molecule has 4 amide bonds. The number of primary amides is 1. The Hall–Kier alpha value is -3.10. The number of nitrogens with one attached hydrogen (secondary N) is 2.